The first-order valence-electron chi connectivity index (χ1n) is 7.30. The molecule has 1 aromatic rings. The van der Waals surface area contributed by atoms with Gasteiger partial charge in [0.15, 0.2) is 0 Å². The van der Waals surface area contributed by atoms with E-state index in [1.54, 1.807) is 14.2 Å². The van der Waals surface area contributed by atoms with Crippen molar-refractivity contribution >= 4 is 0 Å². The highest BCUT2D eigenvalue weighted by Gasteiger charge is 2.03. The van der Waals surface area contributed by atoms with Gasteiger partial charge in [-0.1, -0.05) is 6.92 Å². The second-order valence-electron chi connectivity index (χ2n) is 4.98. The van der Waals surface area contributed by atoms with Crippen molar-refractivity contribution in [1.82, 2.24) is 10.2 Å². The Kier molecular flexibility index (Phi) is 8.07. The third-order valence-corrected chi connectivity index (χ3v) is 3.34. The van der Waals surface area contributed by atoms with Gasteiger partial charge in [0.1, 0.15) is 11.5 Å². The van der Waals surface area contributed by atoms with Crippen LogP contribution >= 0.6 is 0 Å². The lowest BCUT2D eigenvalue weighted by atomic mass is 10.1. The molecule has 114 valence electrons. The maximum absolute atomic E-state index is 5.29. The minimum absolute atomic E-state index is 0.861. The fraction of sp³-hybridized carbons (Fsp3) is 0.625. The summed E-state index contributed by atoms with van der Waals surface area (Å²) in [5.41, 5.74) is 1.27. The van der Waals surface area contributed by atoms with Crippen LogP contribution in [0.5, 0.6) is 11.5 Å². The van der Waals surface area contributed by atoms with E-state index in [9.17, 15) is 0 Å². The van der Waals surface area contributed by atoms with Gasteiger partial charge < -0.3 is 19.7 Å². The van der Waals surface area contributed by atoms with E-state index in [0.717, 1.165) is 50.5 Å². The zero-order valence-electron chi connectivity index (χ0n) is 13.2. The van der Waals surface area contributed by atoms with Gasteiger partial charge in [-0.25, -0.2) is 0 Å². The summed E-state index contributed by atoms with van der Waals surface area (Å²) in [5.74, 6) is 1.72. The Hall–Kier alpha value is -1.26. The van der Waals surface area contributed by atoms with Crippen LogP contribution in [0.3, 0.4) is 0 Å². The monoisotopic (exact) mass is 280 g/mol. The summed E-state index contributed by atoms with van der Waals surface area (Å²) in [5, 5.41) is 3.34. The topological polar surface area (TPSA) is 33.7 Å². The van der Waals surface area contributed by atoms with Crippen molar-refractivity contribution in [3.63, 3.8) is 0 Å². The molecule has 1 aromatic carbocycles. The van der Waals surface area contributed by atoms with Crippen molar-refractivity contribution in [3.8, 4) is 11.5 Å². The molecule has 4 heteroatoms. The molecular formula is C16H28N2O2. The van der Waals surface area contributed by atoms with Crippen molar-refractivity contribution in [2.75, 3.05) is 47.4 Å². The number of benzene rings is 1. The largest absolute Gasteiger partial charge is 0.497 e. The summed E-state index contributed by atoms with van der Waals surface area (Å²) < 4.78 is 10.6. The highest BCUT2D eigenvalue weighted by Crippen LogP contribution is 2.23. The van der Waals surface area contributed by atoms with Crippen LogP contribution in [0.25, 0.3) is 0 Å². The van der Waals surface area contributed by atoms with E-state index in [4.69, 9.17) is 9.47 Å². The van der Waals surface area contributed by atoms with Gasteiger partial charge in [-0.05, 0) is 50.7 Å². The van der Waals surface area contributed by atoms with Crippen molar-refractivity contribution in [3.05, 3.63) is 23.8 Å². The Morgan fingerprint density at radius 2 is 1.70 bits per heavy atom. The maximum Gasteiger partial charge on any atom is 0.122 e. The first-order valence-corrected chi connectivity index (χ1v) is 7.30. The number of aryl methyl sites for hydroxylation is 1. The lowest BCUT2D eigenvalue weighted by Crippen LogP contribution is -2.29. The van der Waals surface area contributed by atoms with Gasteiger partial charge in [-0.3, -0.25) is 0 Å². The first-order chi connectivity index (χ1) is 9.69. The Labute approximate surface area is 123 Å². The van der Waals surface area contributed by atoms with Gasteiger partial charge in [0, 0.05) is 19.2 Å². The predicted octanol–water partition coefficient (Wildman–Crippen LogP) is 2.18. The van der Waals surface area contributed by atoms with Crippen LogP contribution in [0.2, 0.25) is 0 Å². The Balaban J connectivity index is 2.37. The average molecular weight is 280 g/mol. The Morgan fingerprint density at radius 1 is 1.05 bits per heavy atom. The molecule has 4 nitrogen and oxygen atoms in total. The van der Waals surface area contributed by atoms with Crippen LogP contribution in [0, 0.1) is 0 Å². The van der Waals surface area contributed by atoms with Crippen LogP contribution in [-0.2, 0) is 6.42 Å². The summed E-state index contributed by atoms with van der Waals surface area (Å²) >= 11 is 0. The maximum atomic E-state index is 5.29. The number of nitrogens with one attached hydrogen (secondary N) is 1. The molecular weight excluding hydrogens is 252 g/mol. The van der Waals surface area contributed by atoms with E-state index in [2.05, 4.69) is 36.3 Å². The van der Waals surface area contributed by atoms with Gasteiger partial charge in [0.2, 0.25) is 0 Å². The van der Waals surface area contributed by atoms with E-state index < -0.39 is 0 Å². The molecule has 0 heterocycles. The molecule has 0 saturated heterocycles. The van der Waals surface area contributed by atoms with Crippen LogP contribution in [-0.4, -0.2) is 52.3 Å². The summed E-state index contributed by atoms with van der Waals surface area (Å²) in [6, 6.07) is 6.08. The Morgan fingerprint density at radius 3 is 2.25 bits per heavy atom. The number of rotatable bonds is 10. The van der Waals surface area contributed by atoms with Crippen molar-refractivity contribution in [2.45, 2.75) is 19.8 Å². The number of methoxy groups -OCH3 is 2. The molecule has 0 atom stereocenters. The molecule has 0 spiro atoms. The van der Waals surface area contributed by atoms with Gasteiger partial charge in [0.25, 0.3) is 0 Å². The third kappa shape index (κ3) is 6.26. The lowest BCUT2D eigenvalue weighted by Gasteiger charge is -2.16. The average Bonchev–Trinajstić information content (AvgIpc) is 2.47. The lowest BCUT2D eigenvalue weighted by molar-refractivity contribution is 0.328. The summed E-state index contributed by atoms with van der Waals surface area (Å²) in [6.45, 7) is 6.42. The van der Waals surface area contributed by atoms with Crippen LogP contribution in [0.4, 0.5) is 0 Å². The summed E-state index contributed by atoms with van der Waals surface area (Å²) in [7, 11) is 5.55. The minimum atomic E-state index is 0.861. The van der Waals surface area contributed by atoms with Gasteiger partial charge >= 0.3 is 0 Å². The molecule has 0 unspecified atom stereocenters. The van der Waals surface area contributed by atoms with E-state index in [-0.39, 0.29) is 0 Å². The normalized spacial score (nSPS) is 10.8. The molecule has 0 aliphatic rings. The van der Waals surface area contributed by atoms with Crippen molar-refractivity contribution in [2.24, 2.45) is 0 Å². The number of likely N-dealkylation sites (N-methyl/N-ethyl adjacent to an activating group) is 2. The van der Waals surface area contributed by atoms with Gasteiger partial charge in [-0.2, -0.15) is 0 Å². The predicted molar refractivity (Wildman–Crippen MR) is 83.9 cm³/mol. The zero-order valence-corrected chi connectivity index (χ0v) is 13.2. The molecule has 0 aromatic heterocycles. The number of hydrogen-bond donors (Lipinski definition) is 1. The molecule has 0 fully saturated rings. The van der Waals surface area contributed by atoms with E-state index in [1.165, 1.54) is 5.56 Å². The Bertz CT molecular complexity index is 360. The zero-order chi connectivity index (χ0) is 14.8. The quantitative estimate of drug-likeness (QED) is 0.666. The number of nitrogens with zero attached hydrogens (tertiary/aromatic N) is 1. The smallest absolute Gasteiger partial charge is 0.122 e. The van der Waals surface area contributed by atoms with E-state index >= 15 is 0 Å². The minimum Gasteiger partial charge on any atom is -0.497 e. The highest BCUT2D eigenvalue weighted by molar-refractivity contribution is 5.38. The summed E-state index contributed by atoms with van der Waals surface area (Å²) in [6.07, 6.45) is 2.18. The van der Waals surface area contributed by atoms with E-state index in [0.29, 0.717) is 0 Å². The third-order valence-electron chi connectivity index (χ3n) is 3.34. The first kappa shape index (κ1) is 16.8. The van der Waals surface area contributed by atoms with Crippen LogP contribution < -0.4 is 14.8 Å². The number of ether oxygens (including phenoxy) is 2. The second-order valence-corrected chi connectivity index (χ2v) is 4.98. The van der Waals surface area contributed by atoms with Crippen molar-refractivity contribution < 1.29 is 9.47 Å². The molecule has 0 bridgehead atoms. The van der Waals surface area contributed by atoms with Gasteiger partial charge in [-0.15, -0.1) is 0 Å². The molecule has 0 amide bonds. The van der Waals surface area contributed by atoms with E-state index in [1.807, 2.05) is 6.07 Å². The van der Waals surface area contributed by atoms with Crippen LogP contribution in [0.1, 0.15) is 18.9 Å². The molecule has 0 aliphatic heterocycles. The summed E-state index contributed by atoms with van der Waals surface area (Å²) in [4.78, 5) is 2.36. The molecule has 0 aliphatic carbocycles. The molecule has 0 radical (unpaired) electrons. The number of hydrogen-bond acceptors (Lipinski definition) is 4. The molecule has 0 saturated carbocycles. The molecule has 1 rings (SSSR count). The van der Waals surface area contributed by atoms with Crippen LogP contribution in [0.15, 0.2) is 18.2 Å². The fourth-order valence-electron chi connectivity index (χ4n) is 2.12. The molecule has 1 N–H and O–H groups in total. The highest BCUT2D eigenvalue weighted by atomic mass is 16.5. The van der Waals surface area contributed by atoms with Gasteiger partial charge in [0.05, 0.1) is 14.2 Å². The van der Waals surface area contributed by atoms with Crippen molar-refractivity contribution in [1.29, 1.82) is 0 Å². The second kappa shape index (κ2) is 9.61. The fourth-order valence-corrected chi connectivity index (χ4v) is 2.12. The SMILES string of the molecule is CCNCCN(C)CCCc1cc(OC)cc(OC)c1. The standard InChI is InChI=1S/C16H28N2O2/c1-5-17-8-10-18(2)9-6-7-14-11-15(19-3)13-16(12-14)20-4/h11-13,17H,5-10H2,1-4H3. The molecule has 20 heavy (non-hydrogen) atoms.